The van der Waals surface area contributed by atoms with Crippen LogP contribution in [0.1, 0.15) is 11.1 Å². The van der Waals surface area contributed by atoms with Gasteiger partial charge in [-0.05, 0) is 52.2 Å². The van der Waals surface area contributed by atoms with Gasteiger partial charge in [-0.3, -0.25) is 0 Å². The lowest BCUT2D eigenvalue weighted by Crippen LogP contribution is -2.05. The molecule has 112 valence electrons. The third-order valence-electron chi connectivity index (χ3n) is 3.06. The van der Waals surface area contributed by atoms with Gasteiger partial charge in [-0.25, -0.2) is 8.78 Å². The maximum absolute atomic E-state index is 13.9. The molecule has 3 nitrogen and oxygen atoms in total. The Labute approximate surface area is 129 Å². The highest BCUT2D eigenvalue weighted by Crippen LogP contribution is 2.35. The first-order chi connectivity index (χ1) is 9.93. The first-order valence-corrected chi connectivity index (χ1v) is 6.97. The number of nitrogens with one attached hydrogen (secondary N) is 1. The number of hydrogen-bond acceptors (Lipinski definition) is 3. The zero-order valence-corrected chi connectivity index (χ0v) is 13.1. The second-order valence-corrected chi connectivity index (χ2v) is 5.39. The smallest absolute Gasteiger partial charge is 0.172 e. The minimum Gasteiger partial charge on any atom is -0.503 e. The lowest BCUT2D eigenvalue weighted by molar-refractivity contribution is 0.371. The van der Waals surface area contributed by atoms with Gasteiger partial charge in [0.25, 0.3) is 0 Å². The number of aromatic hydroxyl groups is 1. The first-order valence-electron chi connectivity index (χ1n) is 6.18. The minimum atomic E-state index is -0.650. The molecule has 0 heterocycles. The fraction of sp³-hybridized carbons (Fsp3) is 0.200. The molecule has 2 N–H and O–H groups in total. The number of anilines is 1. The summed E-state index contributed by atoms with van der Waals surface area (Å²) in [6, 6.07) is 5.85. The molecule has 0 aliphatic heterocycles. The number of phenolic OH excluding ortho intramolecular Hbond substituents is 1. The van der Waals surface area contributed by atoms with Crippen molar-refractivity contribution in [3.63, 3.8) is 0 Å². The largest absolute Gasteiger partial charge is 0.503 e. The zero-order valence-electron chi connectivity index (χ0n) is 11.5. The van der Waals surface area contributed by atoms with E-state index in [2.05, 4.69) is 21.2 Å². The molecule has 0 aromatic heterocycles. The van der Waals surface area contributed by atoms with Gasteiger partial charge < -0.3 is 15.2 Å². The average Bonchev–Trinajstić information content (AvgIpc) is 2.46. The highest BCUT2D eigenvalue weighted by atomic mass is 79.9. The van der Waals surface area contributed by atoms with E-state index < -0.39 is 11.6 Å². The van der Waals surface area contributed by atoms with Crippen LogP contribution in [0.5, 0.6) is 11.5 Å². The third-order valence-corrected chi connectivity index (χ3v) is 3.67. The van der Waals surface area contributed by atoms with Crippen molar-refractivity contribution >= 4 is 21.6 Å². The maximum Gasteiger partial charge on any atom is 0.172 e. The van der Waals surface area contributed by atoms with E-state index in [-0.39, 0.29) is 23.7 Å². The van der Waals surface area contributed by atoms with Crippen LogP contribution in [0.25, 0.3) is 0 Å². The van der Waals surface area contributed by atoms with Crippen molar-refractivity contribution in [1.82, 2.24) is 0 Å². The molecule has 6 heteroatoms. The highest BCUT2D eigenvalue weighted by molar-refractivity contribution is 9.10. The van der Waals surface area contributed by atoms with Crippen molar-refractivity contribution in [2.24, 2.45) is 0 Å². The number of phenols is 1. The van der Waals surface area contributed by atoms with Crippen molar-refractivity contribution in [3.05, 3.63) is 51.5 Å². The Balaban J connectivity index is 2.25. The Bertz CT molecular complexity index is 677. The second kappa shape index (κ2) is 6.30. The van der Waals surface area contributed by atoms with Crippen molar-refractivity contribution in [2.45, 2.75) is 13.5 Å². The molecule has 0 unspecified atom stereocenters. The van der Waals surface area contributed by atoms with Crippen molar-refractivity contribution in [3.8, 4) is 11.5 Å². The van der Waals surface area contributed by atoms with Gasteiger partial charge in [0.1, 0.15) is 11.5 Å². The lowest BCUT2D eigenvalue weighted by Gasteiger charge is -2.12. The van der Waals surface area contributed by atoms with Crippen molar-refractivity contribution in [2.75, 3.05) is 12.4 Å². The predicted molar refractivity (Wildman–Crippen MR) is 80.8 cm³/mol. The van der Waals surface area contributed by atoms with E-state index in [9.17, 15) is 13.9 Å². The fourth-order valence-corrected chi connectivity index (χ4v) is 2.38. The van der Waals surface area contributed by atoms with Gasteiger partial charge in [-0.15, -0.1) is 0 Å². The molecule has 0 amide bonds. The zero-order chi connectivity index (χ0) is 15.6. The molecule has 21 heavy (non-hydrogen) atoms. The van der Waals surface area contributed by atoms with E-state index in [4.69, 9.17) is 4.74 Å². The molecular formula is C15H14BrF2NO2. The predicted octanol–water partition coefficient (Wildman–Crippen LogP) is 4.36. The maximum atomic E-state index is 13.9. The number of hydrogen-bond donors (Lipinski definition) is 2. The summed E-state index contributed by atoms with van der Waals surface area (Å²) >= 11 is 3.20. The Morgan fingerprint density at radius 3 is 2.67 bits per heavy atom. The van der Waals surface area contributed by atoms with Crippen molar-refractivity contribution < 1.29 is 18.6 Å². The van der Waals surface area contributed by atoms with E-state index in [0.29, 0.717) is 15.6 Å². The van der Waals surface area contributed by atoms with E-state index >= 15 is 0 Å². The summed E-state index contributed by atoms with van der Waals surface area (Å²) < 4.78 is 33.0. The SMILES string of the molecule is COc1cc(CNc2c(F)ccc(C)c2F)cc(Br)c1O. The number of halogens is 3. The summed E-state index contributed by atoms with van der Waals surface area (Å²) in [6.45, 7) is 1.76. The number of methoxy groups -OCH3 is 1. The Morgan fingerprint density at radius 2 is 2.00 bits per heavy atom. The van der Waals surface area contributed by atoms with Crippen molar-refractivity contribution in [1.29, 1.82) is 0 Å². The van der Waals surface area contributed by atoms with Crippen LogP contribution >= 0.6 is 15.9 Å². The van der Waals surface area contributed by atoms with Gasteiger partial charge >= 0.3 is 0 Å². The van der Waals surface area contributed by atoms with Gasteiger partial charge in [0, 0.05) is 6.54 Å². The number of rotatable bonds is 4. The summed E-state index contributed by atoms with van der Waals surface area (Å²) in [5.41, 5.74) is 0.901. The molecule has 0 saturated carbocycles. The molecule has 0 saturated heterocycles. The molecule has 2 aromatic rings. The molecule has 2 rings (SSSR count). The molecule has 0 fully saturated rings. The van der Waals surface area contributed by atoms with Crippen LogP contribution < -0.4 is 10.1 Å². The van der Waals surface area contributed by atoms with Gasteiger partial charge in [0.05, 0.1) is 11.6 Å². The number of ether oxygens (including phenoxy) is 1. The van der Waals surface area contributed by atoms with Crippen LogP contribution in [0.2, 0.25) is 0 Å². The highest BCUT2D eigenvalue weighted by Gasteiger charge is 2.13. The second-order valence-electron chi connectivity index (χ2n) is 4.54. The molecule has 0 radical (unpaired) electrons. The van der Waals surface area contributed by atoms with Crippen LogP contribution in [0.3, 0.4) is 0 Å². The van der Waals surface area contributed by atoms with E-state index in [1.54, 1.807) is 19.1 Å². The quantitative estimate of drug-likeness (QED) is 0.853. The fourth-order valence-electron chi connectivity index (χ4n) is 1.89. The van der Waals surface area contributed by atoms with Gasteiger partial charge in [-0.1, -0.05) is 6.07 Å². The average molecular weight is 358 g/mol. The number of benzene rings is 2. The Hall–Kier alpha value is -1.82. The first kappa shape index (κ1) is 15.6. The normalized spacial score (nSPS) is 10.5. The molecule has 0 bridgehead atoms. The summed E-state index contributed by atoms with van der Waals surface area (Å²) in [5.74, 6) is -0.997. The summed E-state index contributed by atoms with van der Waals surface area (Å²) in [4.78, 5) is 0. The molecule has 0 aliphatic rings. The van der Waals surface area contributed by atoms with E-state index in [1.165, 1.54) is 19.2 Å². The van der Waals surface area contributed by atoms with Gasteiger partial charge in [0.15, 0.2) is 17.3 Å². The summed E-state index contributed by atoms with van der Waals surface area (Å²) in [5, 5.41) is 12.4. The minimum absolute atomic E-state index is 0.0193. The lowest BCUT2D eigenvalue weighted by atomic mass is 10.1. The van der Waals surface area contributed by atoms with Crippen LogP contribution in [0.4, 0.5) is 14.5 Å². The number of aryl methyl sites for hydroxylation is 1. The monoisotopic (exact) mass is 357 g/mol. The van der Waals surface area contributed by atoms with E-state index in [0.717, 1.165) is 0 Å². The molecular weight excluding hydrogens is 344 g/mol. The third kappa shape index (κ3) is 3.26. The molecule has 0 atom stereocenters. The summed E-state index contributed by atoms with van der Waals surface area (Å²) in [6.07, 6.45) is 0. The van der Waals surface area contributed by atoms with Crippen LogP contribution in [0, 0.1) is 18.6 Å². The Morgan fingerprint density at radius 1 is 1.29 bits per heavy atom. The summed E-state index contributed by atoms with van der Waals surface area (Å²) in [7, 11) is 1.43. The van der Waals surface area contributed by atoms with Gasteiger partial charge in [-0.2, -0.15) is 0 Å². The van der Waals surface area contributed by atoms with Crippen LogP contribution in [-0.4, -0.2) is 12.2 Å². The van der Waals surface area contributed by atoms with Crippen LogP contribution in [-0.2, 0) is 6.54 Å². The molecule has 0 aliphatic carbocycles. The van der Waals surface area contributed by atoms with E-state index in [1.807, 2.05) is 0 Å². The van der Waals surface area contributed by atoms with Crippen LogP contribution in [0.15, 0.2) is 28.7 Å². The molecule has 0 spiro atoms. The Kier molecular flexibility index (Phi) is 4.67. The molecule has 2 aromatic carbocycles. The van der Waals surface area contributed by atoms with Gasteiger partial charge in [0.2, 0.25) is 0 Å². The topological polar surface area (TPSA) is 41.5 Å². The standard InChI is InChI=1S/C15H14BrF2NO2/c1-8-3-4-11(17)14(13(8)18)19-7-9-5-10(16)15(20)12(6-9)21-2/h3-6,19-20H,7H2,1-2H3.